The van der Waals surface area contributed by atoms with Gasteiger partial charge in [-0.15, -0.1) is 5.10 Å². The zero-order chi connectivity index (χ0) is 22.5. The maximum Gasteiger partial charge on any atom is 0.253 e. The van der Waals surface area contributed by atoms with Gasteiger partial charge in [0.1, 0.15) is 17.4 Å². The first-order chi connectivity index (χ1) is 15.5. The first kappa shape index (κ1) is 21.6. The molecule has 0 saturated carbocycles. The number of phenols is 1. The zero-order valence-electron chi connectivity index (χ0n) is 17.0. The lowest BCUT2D eigenvalue weighted by Crippen LogP contribution is -2.37. The predicted octanol–water partition coefficient (Wildman–Crippen LogP) is 3.92. The Morgan fingerprint density at radius 2 is 1.94 bits per heavy atom. The summed E-state index contributed by atoms with van der Waals surface area (Å²) in [6.07, 6.45) is 4.32. The quantitative estimate of drug-likeness (QED) is 0.491. The summed E-state index contributed by atoms with van der Waals surface area (Å²) in [6.45, 7) is 1.46. The summed E-state index contributed by atoms with van der Waals surface area (Å²) >= 11 is 6.00. The summed E-state index contributed by atoms with van der Waals surface area (Å²) in [4.78, 5) is 18.7. The van der Waals surface area contributed by atoms with Crippen LogP contribution >= 0.6 is 11.6 Å². The van der Waals surface area contributed by atoms with E-state index >= 15 is 0 Å². The van der Waals surface area contributed by atoms with Crippen LogP contribution in [0.5, 0.6) is 5.75 Å². The van der Waals surface area contributed by atoms with Crippen molar-refractivity contribution in [3.63, 3.8) is 0 Å². The van der Waals surface area contributed by atoms with Gasteiger partial charge in [-0.2, -0.15) is 0 Å². The van der Waals surface area contributed by atoms with Crippen molar-refractivity contribution >= 4 is 29.0 Å². The third-order valence-corrected chi connectivity index (χ3v) is 5.44. The Kier molecular flexibility index (Phi) is 6.51. The number of anilines is 1. The van der Waals surface area contributed by atoms with Crippen molar-refractivity contribution in [3.05, 3.63) is 89.5 Å². The molecule has 2 aromatic heterocycles. The molecule has 0 unspecified atom stereocenters. The highest BCUT2D eigenvalue weighted by atomic mass is 35.5. The second kappa shape index (κ2) is 9.65. The number of aromatic nitrogens is 3. The van der Waals surface area contributed by atoms with Gasteiger partial charge in [-0.05, 0) is 42.8 Å². The summed E-state index contributed by atoms with van der Waals surface area (Å²) in [5, 5.41) is 17.2. The predicted molar refractivity (Wildman–Crippen MR) is 121 cm³/mol. The number of fused-ring (bicyclic) bond motifs is 1. The molecule has 0 bridgehead atoms. The molecule has 32 heavy (non-hydrogen) atoms. The van der Waals surface area contributed by atoms with Gasteiger partial charge >= 0.3 is 0 Å². The van der Waals surface area contributed by atoms with Crippen LogP contribution < -0.4 is 10.2 Å². The van der Waals surface area contributed by atoms with Crippen molar-refractivity contribution in [3.8, 4) is 5.75 Å². The average Bonchev–Trinajstić information content (AvgIpc) is 3.45. The number of benzene rings is 2. The van der Waals surface area contributed by atoms with Crippen molar-refractivity contribution in [2.45, 2.75) is 12.5 Å². The average molecular weight is 454 g/mol. The van der Waals surface area contributed by atoms with Crippen molar-refractivity contribution in [2.24, 2.45) is 0 Å². The first-order valence-electron chi connectivity index (χ1n) is 10.1. The smallest absolute Gasteiger partial charge is 0.253 e. The van der Waals surface area contributed by atoms with Crippen LogP contribution in [0, 0.1) is 5.82 Å². The van der Waals surface area contributed by atoms with Gasteiger partial charge in [0.05, 0.1) is 10.6 Å². The van der Waals surface area contributed by atoms with Crippen molar-refractivity contribution < 1.29 is 14.3 Å². The highest BCUT2D eigenvalue weighted by Gasteiger charge is 2.26. The monoisotopic (exact) mass is 453 g/mol. The summed E-state index contributed by atoms with van der Waals surface area (Å²) in [5.41, 5.74) is 1.07. The van der Waals surface area contributed by atoms with Crippen LogP contribution in [0.4, 0.5) is 10.2 Å². The van der Waals surface area contributed by atoms with E-state index in [1.54, 1.807) is 47.2 Å². The second-order valence-electron chi connectivity index (χ2n) is 7.26. The van der Waals surface area contributed by atoms with Crippen LogP contribution in [0.2, 0.25) is 5.02 Å². The molecule has 1 saturated heterocycles. The molecule has 1 fully saturated rings. The molecule has 2 N–H and O–H groups in total. The maximum atomic E-state index is 12.4. The van der Waals surface area contributed by atoms with Gasteiger partial charge < -0.3 is 15.3 Å². The Morgan fingerprint density at radius 3 is 2.69 bits per heavy atom. The number of nitrogens with one attached hydrogen (secondary N) is 1. The van der Waals surface area contributed by atoms with Crippen molar-refractivity contribution in [1.82, 2.24) is 19.9 Å². The summed E-state index contributed by atoms with van der Waals surface area (Å²) in [6, 6.07) is 16.4. The molecule has 7 nitrogen and oxygen atoms in total. The Balaban J connectivity index is 0.000000300. The molecule has 1 aliphatic rings. The van der Waals surface area contributed by atoms with Crippen molar-refractivity contribution in [1.29, 1.82) is 0 Å². The third-order valence-electron chi connectivity index (χ3n) is 5.04. The van der Waals surface area contributed by atoms with Gasteiger partial charge in [0, 0.05) is 31.5 Å². The molecule has 164 valence electrons. The molecule has 9 heteroatoms. The highest BCUT2D eigenvalue weighted by Crippen LogP contribution is 2.27. The Bertz CT molecular complexity index is 1220. The zero-order valence-corrected chi connectivity index (χ0v) is 17.8. The minimum absolute atomic E-state index is 0.00815. The number of nitrogens with zero attached hydrogens (tertiary/aromatic N) is 4. The van der Waals surface area contributed by atoms with E-state index in [1.807, 2.05) is 12.1 Å². The lowest BCUT2D eigenvalue weighted by atomic mass is 10.1. The third kappa shape index (κ3) is 4.97. The molecule has 2 aromatic carbocycles. The van der Waals surface area contributed by atoms with Crippen LogP contribution in [0.3, 0.4) is 0 Å². The van der Waals surface area contributed by atoms with Gasteiger partial charge in [0.25, 0.3) is 5.91 Å². The minimum Gasteiger partial charge on any atom is -0.506 e. The fourth-order valence-corrected chi connectivity index (χ4v) is 3.64. The number of imidazole rings is 1. The SMILES string of the molecule is Fc1ccccc1.O=C(N[C@H]1CCN(c2ccc3nccn3n2)C1)c1cccc(O)c1Cl. The molecule has 3 heterocycles. The van der Waals surface area contributed by atoms with E-state index < -0.39 is 0 Å². The number of carbonyl (C=O) groups excluding carboxylic acids is 1. The fraction of sp³-hybridized carbons (Fsp3) is 0.174. The van der Waals surface area contributed by atoms with E-state index in [0.29, 0.717) is 6.54 Å². The van der Waals surface area contributed by atoms with E-state index in [-0.39, 0.29) is 34.1 Å². The first-order valence-corrected chi connectivity index (χ1v) is 10.4. The molecule has 1 atom stereocenters. The standard InChI is InChI=1S/C17H16ClN5O2.C6H5F/c18-16-12(2-1-3-13(16)24)17(25)20-11-6-8-22(10-11)15-5-4-14-19-7-9-23(14)21-15;7-6-4-2-1-3-5-6/h1-5,7,9,11,24H,6,8,10H2,(H,20,25);1-5H/t11-;/m0./s1. The normalized spacial score (nSPS) is 15.3. The summed E-state index contributed by atoms with van der Waals surface area (Å²) in [7, 11) is 0. The van der Waals surface area contributed by atoms with Crippen LogP contribution in [0.25, 0.3) is 5.65 Å². The Hall–Kier alpha value is -3.65. The summed E-state index contributed by atoms with van der Waals surface area (Å²) < 4.78 is 13.6. The molecule has 0 radical (unpaired) electrons. The van der Waals surface area contributed by atoms with Gasteiger partial charge in [0.15, 0.2) is 5.65 Å². The number of carbonyl (C=O) groups is 1. The molecule has 1 aliphatic heterocycles. The van der Waals surface area contributed by atoms with Crippen LogP contribution in [-0.4, -0.2) is 44.7 Å². The van der Waals surface area contributed by atoms with E-state index in [2.05, 4.69) is 20.3 Å². The molecular weight excluding hydrogens is 433 g/mol. The molecular formula is C23H21ClFN5O2. The molecule has 0 aliphatic carbocycles. The van der Waals surface area contributed by atoms with Gasteiger partial charge in [-0.25, -0.2) is 13.9 Å². The number of hydrogen-bond acceptors (Lipinski definition) is 5. The lowest BCUT2D eigenvalue weighted by molar-refractivity contribution is 0.0940. The Morgan fingerprint density at radius 1 is 1.12 bits per heavy atom. The maximum absolute atomic E-state index is 12.4. The summed E-state index contributed by atoms with van der Waals surface area (Å²) in [5.74, 6) is 0.283. The number of aromatic hydroxyl groups is 1. The second-order valence-corrected chi connectivity index (χ2v) is 7.64. The molecule has 5 rings (SSSR count). The number of phenolic OH excluding ortho intramolecular Hbond substituents is 1. The van der Waals surface area contributed by atoms with E-state index in [9.17, 15) is 14.3 Å². The Labute approximate surface area is 189 Å². The number of amides is 1. The number of halogens is 2. The molecule has 4 aromatic rings. The topological polar surface area (TPSA) is 82.8 Å². The lowest BCUT2D eigenvalue weighted by Gasteiger charge is -2.18. The minimum atomic E-state index is -0.286. The molecule has 1 amide bonds. The van der Waals surface area contributed by atoms with Crippen LogP contribution in [-0.2, 0) is 0 Å². The fourth-order valence-electron chi connectivity index (χ4n) is 3.43. The number of rotatable bonds is 3. The van der Waals surface area contributed by atoms with Crippen molar-refractivity contribution in [2.75, 3.05) is 18.0 Å². The van der Waals surface area contributed by atoms with Gasteiger partial charge in [-0.3, -0.25) is 4.79 Å². The van der Waals surface area contributed by atoms with E-state index in [4.69, 9.17) is 11.6 Å². The largest absolute Gasteiger partial charge is 0.506 e. The number of hydrogen-bond donors (Lipinski definition) is 2. The van der Waals surface area contributed by atoms with E-state index in [1.165, 1.54) is 18.2 Å². The van der Waals surface area contributed by atoms with E-state index in [0.717, 1.165) is 24.4 Å². The van der Waals surface area contributed by atoms with Gasteiger partial charge in [-0.1, -0.05) is 35.9 Å². The van der Waals surface area contributed by atoms with Gasteiger partial charge in [0.2, 0.25) is 0 Å². The van der Waals surface area contributed by atoms with Crippen LogP contribution in [0.1, 0.15) is 16.8 Å². The van der Waals surface area contributed by atoms with Crippen LogP contribution in [0.15, 0.2) is 73.1 Å². The highest BCUT2D eigenvalue weighted by molar-refractivity contribution is 6.35. The molecule has 0 spiro atoms.